The van der Waals surface area contributed by atoms with E-state index in [1.54, 1.807) is 48.8 Å². The Kier molecular flexibility index (Phi) is 6.85. The Bertz CT molecular complexity index is 1730. The fraction of sp³-hybridized carbons (Fsp3) is 0.156. The number of rotatable bonds is 5. The van der Waals surface area contributed by atoms with Gasteiger partial charge in [0, 0.05) is 12.7 Å². The number of carbonyl (C=O) groups is 2. The molecule has 9 heteroatoms. The average Bonchev–Trinajstić information content (AvgIpc) is 3.60. The van der Waals surface area contributed by atoms with E-state index >= 15 is 0 Å². The van der Waals surface area contributed by atoms with Gasteiger partial charge in [0.1, 0.15) is 17.7 Å². The minimum absolute atomic E-state index is 0.241. The second kappa shape index (κ2) is 10.8. The molecule has 4 heterocycles. The number of likely N-dealkylation sites (tertiary alicyclic amines) is 1. The van der Waals surface area contributed by atoms with Crippen LogP contribution in [-0.2, 0) is 4.79 Å². The van der Waals surface area contributed by atoms with Gasteiger partial charge in [-0.1, -0.05) is 48.4 Å². The van der Waals surface area contributed by atoms with Crippen LogP contribution >= 0.6 is 0 Å². The predicted octanol–water partition coefficient (Wildman–Crippen LogP) is 4.23. The number of anilines is 1. The number of allylic oxidation sites excluding steroid dienone is 1. The summed E-state index contributed by atoms with van der Waals surface area (Å²) in [6.45, 7) is 2.23. The summed E-state index contributed by atoms with van der Waals surface area (Å²) in [4.78, 5) is 41.9. The van der Waals surface area contributed by atoms with Gasteiger partial charge in [0.05, 0.1) is 29.6 Å². The minimum Gasteiger partial charge on any atom is -0.323 e. The number of aliphatic imine (C=N–C) groups is 2. The molecule has 2 amide bonds. The van der Waals surface area contributed by atoms with Gasteiger partial charge >= 0.3 is 0 Å². The molecule has 3 N–H and O–H groups in total. The van der Waals surface area contributed by atoms with Gasteiger partial charge in [0.25, 0.3) is 17.6 Å². The topological polar surface area (TPSA) is 113 Å². The van der Waals surface area contributed by atoms with Crippen LogP contribution in [0.4, 0.5) is 5.82 Å². The number of nitrogens with zero attached hydrogens (tertiary/aromatic N) is 5. The van der Waals surface area contributed by atoms with Crippen LogP contribution in [0.3, 0.4) is 0 Å². The lowest BCUT2D eigenvalue weighted by Crippen LogP contribution is -2.53. The molecule has 1 saturated heterocycles. The number of aromatic nitrogens is 1. The summed E-state index contributed by atoms with van der Waals surface area (Å²) >= 11 is 0. The number of quaternary nitrogens is 1. The molecule has 6 rings (SSSR count). The summed E-state index contributed by atoms with van der Waals surface area (Å²) in [5.41, 5.74) is 4.25. The molecule has 2 aromatic carbocycles. The van der Waals surface area contributed by atoms with E-state index in [-0.39, 0.29) is 22.4 Å². The normalized spacial score (nSPS) is 20.8. The summed E-state index contributed by atoms with van der Waals surface area (Å²) in [6.07, 6.45) is 8.26. The van der Waals surface area contributed by atoms with E-state index in [1.165, 1.54) is 0 Å². The Morgan fingerprint density at radius 2 is 1.88 bits per heavy atom. The number of amidine groups is 1. The fourth-order valence-electron chi connectivity index (χ4n) is 5.47. The van der Waals surface area contributed by atoms with Crippen molar-refractivity contribution in [2.45, 2.75) is 25.8 Å². The molecule has 0 saturated carbocycles. The van der Waals surface area contributed by atoms with Crippen LogP contribution < -0.4 is 11.2 Å². The number of pyridine rings is 1. The van der Waals surface area contributed by atoms with Crippen molar-refractivity contribution < 1.29 is 14.2 Å². The Labute approximate surface area is 238 Å². The Balaban J connectivity index is 1.36. The van der Waals surface area contributed by atoms with Crippen molar-refractivity contribution in [1.82, 2.24) is 9.88 Å². The average molecular weight is 543 g/mol. The highest BCUT2D eigenvalue weighted by Crippen LogP contribution is 2.37. The van der Waals surface area contributed by atoms with E-state index in [1.807, 2.05) is 54.6 Å². The largest absolute Gasteiger partial charge is 0.323 e. The lowest BCUT2D eigenvalue weighted by molar-refractivity contribution is -0.750. The zero-order valence-electron chi connectivity index (χ0n) is 22.5. The Hall–Kier alpha value is -5.17. The maximum atomic E-state index is 13.7. The molecule has 0 spiro atoms. The molecule has 2 unspecified atom stereocenters. The molecule has 202 valence electrons. The molecule has 0 bridgehead atoms. The smallest absolute Gasteiger partial charge is 0.299 e. The van der Waals surface area contributed by atoms with Crippen LogP contribution in [0.15, 0.2) is 107 Å². The monoisotopic (exact) mass is 542 g/mol. The molecular formula is C32H28N7O2+. The lowest BCUT2D eigenvalue weighted by Gasteiger charge is -2.28. The van der Waals surface area contributed by atoms with Gasteiger partial charge < -0.3 is 10.2 Å². The van der Waals surface area contributed by atoms with E-state index in [2.05, 4.69) is 27.1 Å². The molecular weight excluding hydrogens is 514 g/mol. The summed E-state index contributed by atoms with van der Waals surface area (Å²) in [5, 5.41) is 2.94. The van der Waals surface area contributed by atoms with E-state index in [9.17, 15) is 9.59 Å². The molecule has 9 nitrogen and oxygen atoms in total. The quantitative estimate of drug-likeness (QED) is 0.285. The molecule has 0 aliphatic carbocycles. The first-order chi connectivity index (χ1) is 20.0. The highest BCUT2D eigenvalue weighted by Gasteiger charge is 2.48. The van der Waals surface area contributed by atoms with Gasteiger partial charge in [-0.15, -0.1) is 4.59 Å². The third kappa shape index (κ3) is 4.76. The minimum atomic E-state index is -0.340. The number of fused-ring (bicyclic) bond motifs is 1. The molecule has 3 aliphatic rings. The first-order valence-corrected chi connectivity index (χ1v) is 13.4. The van der Waals surface area contributed by atoms with Gasteiger partial charge in [0.2, 0.25) is 5.70 Å². The number of nitrogens with one attached hydrogen (secondary N) is 1. The van der Waals surface area contributed by atoms with Crippen molar-refractivity contribution >= 4 is 29.7 Å². The number of hydrogen-bond acceptors (Lipinski definition) is 6. The van der Waals surface area contributed by atoms with E-state index in [0.717, 1.165) is 24.0 Å². The van der Waals surface area contributed by atoms with Crippen molar-refractivity contribution in [2.24, 2.45) is 15.8 Å². The van der Waals surface area contributed by atoms with Crippen molar-refractivity contribution in [1.29, 1.82) is 0 Å². The summed E-state index contributed by atoms with van der Waals surface area (Å²) in [6, 6.07) is 20.6. The number of benzene rings is 2. The predicted molar refractivity (Wildman–Crippen MR) is 158 cm³/mol. The molecule has 1 fully saturated rings. The van der Waals surface area contributed by atoms with E-state index in [4.69, 9.17) is 10.8 Å². The van der Waals surface area contributed by atoms with Crippen LogP contribution in [0.5, 0.6) is 0 Å². The molecule has 0 radical (unpaired) electrons. The molecule has 2 atom stereocenters. The number of nitrogens with two attached hydrogens (primary N) is 1. The van der Waals surface area contributed by atoms with Crippen LogP contribution in [0, 0.1) is 11.8 Å². The SMILES string of the molecule is CC#CC(=O)N1CCCC1C1=C2C=NC=C[N+]2(N)C(c2ccccc2C(=O)Nc2cc(-c3ccccc3)ccn2)=N1. The zero-order chi connectivity index (χ0) is 28.4. The van der Waals surface area contributed by atoms with Crippen LogP contribution in [0.25, 0.3) is 11.1 Å². The third-order valence-corrected chi connectivity index (χ3v) is 7.41. The number of carbonyl (C=O) groups excluding carboxylic acids is 2. The van der Waals surface area contributed by atoms with Gasteiger partial charge in [-0.25, -0.2) is 4.98 Å². The van der Waals surface area contributed by atoms with Crippen LogP contribution in [0.1, 0.15) is 35.7 Å². The number of hydrogen-bond donors (Lipinski definition) is 2. The summed E-state index contributed by atoms with van der Waals surface area (Å²) < 4.78 is -0.261. The second-order valence-corrected chi connectivity index (χ2v) is 9.89. The zero-order valence-corrected chi connectivity index (χ0v) is 22.5. The highest BCUT2D eigenvalue weighted by molar-refractivity contribution is 6.13. The highest BCUT2D eigenvalue weighted by atomic mass is 16.2. The van der Waals surface area contributed by atoms with E-state index < -0.39 is 0 Å². The van der Waals surface area contributed by atoms with Gasteiger partial charge in [-0.05, 0) is 61.1 Å². The summed E-state index contributed by atoms with van der Waals surface area (Å²) in [5.74, 6) is 12.6. The Morgan fingerprint density at radius 3 is 2.71 bits per heavy atom. The van der Waals surface area contributed by atoms with Crippen LogP contribution in [-0.4, -0.2) is 50.9 Å². The van der Waals surface area contributed by atoms with Gasteiger partial charge in [0.15, 0.2) is 0 Å². The molecule has 1 aromatic heterocycles. The maximum Gasteiger partial charge on any atom is 0.299 e. The summed E-state index contributed by atoms with van der Waals surface area (Å²) in [7, 11) is 0. The Morgan fingerprint density at radius 1 is 1.07 bits per heavy atom. The molecule has 41 heavy (non-hydrogen) atoms. The molecule has 3 aromatic rings. The first-order valence-electron chi connectivity index (χ1n) is 13.4. The maximum absolute atomic E-state index is 13.7. The van der Waals surface area contributed by atoms with Gasteiger partial charge in [-0.2, -0.15) is 10.8 Å². The number of amides is 2. The van der Waals surface area contributed by atoms with Crippen LogP contribution in [0.2, 0.25) is 0 Å². The second-order valence-electron chi connectivity index (χ2n) is 9.89. The van der Waals surface area contributed by atoms with Crippen molar-refractivity contribution in [2.75, 3.05) is 11.9 Å². The molecule has 3 aliphatic heterocycles. The standard InChI is InChI=1S/C32H27N7O2/c1-2-9-29(40)38-18-8-14-26(38)30-27-21-34-17-19-39(27,33)31(37-30)24-12-6-7-13-25(24)32(41)36-28-20-23(15-16-35-28)22-10-4-3-5-11-22/h3-7,10-13,15-17,19-21,26H,8,14,18,33H2,1H3/p+1. The first kappa shape index (κ1) is 26.1. The lowest BCUT2D eigenvalue weighted by atomic mass is 10.0. The van der Waals surface area contributed by atoms with Crippen molar-refractivity contribution in [3.8, 4) is 23.0 Å². The van der Waals surface area contributed by atoms with Crippen molar-refractivity contribution in [3.05, 3.63) is 108 Å². The van der Waals surface area contributed by atoms with Crippen molar-refractivity contribution in [3.63, 3.8) is 0 Å². The fourth-order valence-corrected chi connectivity index (χ4v) is 5.47. The third-order valence-electron chi connectivity index (χ3n) is 7.41. The van der Waals surface area contributed by atoms with Gasteiger partial charge in [-0.3, -0.25) is 14.6 Å². The van der Waals surface area contributed by atoms with E-state index in [0.29, 0.717) is 40.7 Å².